The Balaban J connectivity index is 1.28. The molecule has 0 saturated carbocycles. The molecule has 1 aliphatic rings. The number of esters is 1. The molecule has 3 amide bonds. The maximum atomic E-state index is 12.8. The third kappa shape index (κ3) is 4.37. The molecule has 1 aliphatic heterocycles. The van der Waals surface area contributed by atoms with E-state index in [1.54, 1.807) is 36.4 Å². The van der Waals surface area contributed by atoms with Crippen molar-refractivity contribution in [3.05, 3.63) is 77.4 Å². The maximum absolute atomic E-state index is 12.8. The van der Waals surface area contributed by atoms with Crippen molar-refractivity contribution in [1.29, 1.82) is 0 Å². The lowest BCUT2D eigenvalue weighted by atomic mass is 9.94. The van der Waals surface area contributed by atoms with Crippen molar-refractivity contribution in [1.82, 2.24) is 4.90 Å². The zero-order valence-electron chi connectivity index (χ0n) is 17.6. The normalized spacial score (nSPS) is 12.7. The first-order valence-electron chi connectivity index (χ1n) is 10.3. The minimum absolute atomic E-state index is 0.0132. The van der Waals surface area contributed by atoms with E-state index in [1.807, 2.05) is 31.2 Å². The monoisotopic (exact) mass is 430 g/mol. The molecule has 0 fully saturated rings. The van der Waals surface area contributed by atoms with Crippen LogP contribution in [0.4, 0.5) is 5.69 Å². The Hall–Kier alpha value is -4.00. The first-order valence-corrected chi connectivity index (χ1v) is 10.3. The van der Waals surface area contributed by atoms with Gasteiger partial charge in [0.15, 0.2) is 6.61 Å². The molecule has 0 atom stereocenters. The van der Waals surface area contributed by atoms with E-state index >= 15 is 0 Å². The number of benzene rings is 3. The molecular formula is C25H22N2O5. The SMILES string of the molecule is Cc1ccc(NC(=O)COC(=O)CCCN2C(=O)c3cccc4cccc(c34)C2=O)cc1. The second-order valence-electron chi connectivity index (χ2n) is 7.65. The molecule has 0 aliphatic carbocycles. The van der Waals surface area contributed by atoms with Gasteiger partial charge in [-0.2, -0.15) is 0 Å². The van der Waals surface area contributed by atoms with Gasteiger partial charge in [-0.1, -0.05) is 42.0 Å². The molecule has 0 radical (unpaired) electrons. The Morgan fingerprint density at radius 3 is 2.16 bits per heavy atom. The standard InChI is InChI=1S/C25H22N2O5/c1-16-10-12-18(13-11-16)26-21(28)15-32-22(29)9-4-14-27-24(30)19-7-2-5-17-6-3-8-20(23(17)19)25(27)31/h2-3,5-8,10-13H,4,9,14-15H2,1H3,(H,26,28). The number of hydrogen-bond donors (Lipinski definition) is 1. The molecule has 1 N–H and O–H groups in total. The summed E-state index contributed by atoms with van der Waals surface area (Å²) in [6, 6.07) is 18.0. The Morgan fingerprint density at radius 1 is 0.906 bits per heavy atom. The van der Waals surface area contributed by atoms with E-state index in [-0.39, 0.29) is 31.2 Å². The first kappa shape index (κ1) is 21.2. The number of nitrogens with one attached hydrogen (secondary N) is 1. The van der Waals surface area contributed by atoms with Crippen molar-refractivity contribution in [3.8, 4) is 0 Å². The molecule has 32 heavy (non-hydrogen) atoms. The molecular weight excluding hydrogens is 408 g/mol. The highest BCUT2D eigenvalue weighted by Crippen LogP contribution is 2.30. The molecule has 3 aromatic carbocycles. The van der Waals surface area contributed by atoms with Gasteiger partial charge in [-0.3, -0.25) is 24.1 Å². The quantitative estimate of drug-likeness (QED) is 0.456. The van der Waals surface area contributed by atoms with Crippen LogP contribution in [-0.4, -0.2) is 41.7 Å². The summed E-state index contributed by atoms with van der Waals surface area (Å²) >= 11 is 0. The van der Waals surface area contributed by atoms with Crippen LogP contribution in [0.2, 0.25) is 0 Å². The molecule has 0 unspecified atom stereocenters. The van der Waals surface area contributed by atoms with Gasteiger partial charge in [0.2, 0.25) is 0 Å². The minimum Gasteiger partial charge on any atom is -0.456 e. The number of amides is 3. The van der Waals surface area contributed by atoms with Crippen LogP contribution >= 0.6 is 0 Å². The van der Waals surface area contributed by atoms with Crippen LogP contribution in [0, 0.1) is 6.92 Å². The molecule has 0 saturated heterocycles. The highest BCUT2D eigenvalue weighted by Gasteiger charge is 2.32. The van der Waals surface area contributed by atoms with Gasteiger partial charge < -0.3 is 10.1 Å². The molecule has 0 bridgehead atoms. The topological polar surface area (TPSA) is 92.8 Å². The number of imide groups is 1. The van der Waals surface area contributed by atoms with Crippen molar-refractivity contribution < 1.29 is 23.9 Å². The van der Waals surface area contributed by atoms with Crippen LogP contribution in [0.5, 0.6) is 0 Å². The summed E-state index contributed by atoms with van der Waals surface area (Å²) < 4.78 is 5.01. The summed E-state index contributed by atoms with van der Waals surface area (Å²) in [5.41, 5.74) is 2.65. The average molecular weight is 430 g/mol. The van der Waals surface area contributed by atoms with Gasteiger partial charge in [0.1, 0.15) is 0 Å². The minimum atomic E-state index is -0.566. The van der Waals surface area contributed by atoms with E-state index in [0.717, 1.165) is 15.8 Å². The lowest BCUT2D eigenvalue weighted by Gasteiger charge is -2.27. The van der Waals surface area contributed by atoms with Crippen LogP contribution < -0.4 is 5.32 Å². The highest BCUT2D eigenvalue weighted by atomic mass is 16.5. The van der Waals surface area contributed by atoms with E-state index in [4.69, 9.17) is 4.74 Å². The molecule has 162 valence electrons. The van der Waals surface area contributed by atoms with Crippen LogP contribution in [0.15, 0.2) is 60.7 Å². The van der Waals surface area contributed by atoms with Crippen molar-refractivity contribution in [3.63, 3.8) is 0 Å². The average Bonchev–Trinajstić information content (AvgIpc) is 2.79. The Morgan fingerprint density at radius 2 is 1.53 bits per heavy atom. The fourth-order valence-electron chi connectivity index (χ4n) is 3.72. The van der Waals surface area contributed by atoms with Gasteiger partial charge >= 0.3 is 5.97 Å². The van der Waals surface area contributed by atoms with Crippen LogP contribution in [-0.2, 0) is 14.3 Å². The van der Waals surface area contributed by atoms with Gasteiger partial charge in [0.25, 0.3) is 17.7 Å². The third-order valence-electron chi connectivity index (χ3n) is 5.32. The van der Waals surface area contributed by atoms with Crippen molar-refractivity contribution >= 4 is 40.2 Å². The molecule has 0 spiro atoms. The fourth-order valence-corrected chi connectivity index (χ4v) is 3.72. The van der Waals surface area contributed by atoms with Crippen molar-refractivity contribution in [2.75, 3.05) is 18.5 Å². The summed E-state index contributed by atoms with van der Waals surface area (Å²) in [7, 11) is 0. The lowest BCUT2D eigenvalue weighted by molar-refractivity contribution is -0.147. The Bertz CT molecular complexity index is 1170. The predicted octanol–water partition coefficient (Wildman–Crippen LogP) is 3.71. The third-order valence-corrected chi connectivity index (χ3v) is 5.32. The maximum Gasteiger partial charge on any atom is 0.306 e. The van der Waals surface area contributed by atoms with E-state index in [0.29, 0.717) is 22.2 Å². The van der Waals surface area contributed by atoms with Gasteiger partial charge in [-0.05, 0) is 43.0 Å². The van der Waals surface area contributed by atoms with Gasteiger partial charge in [0.05, 0.1) is 0 Å². The fraction of sp³-hybridized carbons (Fsp3) is 0.200. The number of rotatable bonds is 7. The van der Waals surface area contributed by atoms with E-state index < -0.39 is 18.5 Å². The first-order chi connectivity index (χ1) is 15.4. The van der Waals surface area contributed by atoms with E-state index in [2.05, 4.69) is 5.32 Å². The molecule has 0 aromatic heterocycles. The molecule has 4 rings (SSSR count). The largest absolute Gasteiger partial charge is 0.456 e. The summed E-state index contributed by atoms with van der Waals surface area (Å²) in [6.45, 7) is 1.63. The zero-order chi connectivity index (χ0) is 22.7. The summed E-state index contributed by atoms with van der Waals surface area (Å²) in [4.78, 5) is 50.8. The van der Waals surface area contributed by atoms with E-state index in [9.17, 15) is 19.2 Å². The molecule has 7 heteroatoms. The number of aryl methyl sites for hydroxylation is 1. The summed E-state index contributed by atoms with van der Waals surface area (Å²) in [5.74, 6) is -1.74. The number of carbonyl (C=O) groups excluding carboxylic acids is 4. The van der Waals surface area contributed by atoms with Crippen molar-refractivity contribution in [2.45, 2.75) is 19.8 Å². The van der Waals surface area contributed by atoms with Gasteiger partial charge in [0, 0.05) is 35.2 Å². The second-order valence-corrected chi connectivity index (χ2v) is 7.65. The van der Waals surface area contributed by atoms with Crippen LogP contribution in [0.3, 0.4) is 0 Å². The van der Waals surface area contributed by atoms with Gasteiger partial charge in [-0.15, -0.1) is 0 Å². The molecule has 1 heterocycles. The number of nitrogens with zero attached hydrogens (tertiary/aromatic N) is 1. The number of ether oxygens (including phenoxy) is 1. The molecule has 3 aromatic rings. The predicted molar refractivity (Wildman–Crippen MR) is 119 cm³/mol. The number of hydrogen-bond acceptors (Lipinski definition) is 5. The second kappa shape index (κ2) is 9.01. The summed E-state index contributed by atoms with van der Waals surface area (Å²) in [5, 5.41) is 4.16. The number of carbonyl (C=O) groups is 4. The van der Waals surface area contributed by atoms with Crippen LogP contribution in [0.1, 0.15) is 39.1 Å². The number of anilines is 1. The zero-order valence-corrected chi connectivity index (χ0v) is 17.6. The van der Waals surface area contributed by atoms with Gasteiger partial charge in [-0.25, -0.2) is 0 Å². The van der Waals surface area contributed by atoms with Crippen LogP contribution in [0.25, 0.3) is 10.8 Å². The highest BCUT2D eigenvalue weighted by molar-refractivity contribution is 6.25. The Labute approximate surface area is 185 Å². The molecule has 7 nitrogen and oxygen atoms in total. The lowest BCUT2D eigenvalue weighted by Crippen LogP contribution is -2.41. The van der Waals surface area contributed by atoms with Crippen molar-refractivity contribution in [2.24, 2.45) is 0 Å². The smallest absolute Gasteiger partial charge is 0.306 e. The Kier molecular flexibility index (Phi) is 5.98. The van der Waals surface area contributed by atoms with E-state index in [1.165, 1.54) is 0 Å². The summed E-state index contributed by atoms with van der Waals surface area (Å²) in [6.07, 6.45) is 0.231.